The highest BCUT2D eigenvalue weighted by molar-refractivity contribution is 6.34. The summed E-state index contributed by atoms with van der Waals surface area (Å²) in [7, 11) is 0. The molecule has 80 valence electrons. The number of rotatable bonds is 2. The average molecular weight is 235 g/mol. The molecule has 2 aromatic heterocycles. The Kier molecular flexibility index (Phi) is 3.07. The van der Waals surface area contributed by atoms with Gasteiger partial charge < -0.3 is 5.32 Å². The van der Waals surface area contributed by atoms with Crippen LogP contribution < -0.4 is 5.32 Å². The number of carbonyl (C=O) groups excluding carboxylic acids is 1. The van der Waals surface area contributed by atoms with Crippen molar-refractivity contribution in [1.82, 2.24) is 15.0 Å². The van der Waals surface area contributed by atoms with E-state index in [9.17, 15) is 4.79 Å². The van der Waals surface area contributed by atoms with Crippen molar-refractivity contribution in [1.29, 1.82) is 0 Å². The zero-order valence-corrected chi connectivity index (χ0v) is 8.85. The van der Waals surface area contributed by atoms with Crippen LogP contribution in [0.3, 0.4) is 0 Å². The van der Waals surface area contributed by atoms with Crippen molar-refractivity contribution in [2.75, 3.05) is 5.32 Å². The zero-order chi connectivity index (χ0) is 11.4. The molecule has 2 aromatic rings. The van der Waals surface area contributed by atoms with Gasteiger partial charge in [0, 0.05) is 12.4 Å². The number of hydrogen-bond acceptors (Lipinski definition) is 4. The second-order valence-corrected chi connectivity index (χ2v) is 3.34. The molecule has 16 heavy (non-hydrogen) atoms. The lowest BCUT2D eigenvalue weighted by molar-refractivity contribution is 0.102. The molecular weight excluding hydrogens is 228 g/mol. The molecule has 0 aromatic carbocycles. The Labute approximate surface area is 96.5 Å². The fraction of sp³-hybridized carbons (Fsp3) is 0. The molecule has 6 heteroatoms. The van der Waals surface area contributed by atoms with Crippen LogP contribution in [0.25, 0.3) is 0 Å². The van der Waals surface area contributed by atoms with Crippen LogP contribution in [-0.2, 0) is 0 Å². The maximum atomic E-state index is 11.8. The Bertz CT molecular complexity index is 503. The van der Waals surface area contributed by atoms with Crippen molar-refractivity contribution in [3.8, 4) is 0 Å². The molecule has 0 radical (unpaired) electrons. The summed E-state index contributed by atoms with van der Waals surface area (Å²) in [5, 5.41) is 2.93. The van der Waals surface area contributed by atoms with Gasteiger partial charge in [0.15, 0.2) is 0 Å². The fourth-order valence-electron chi connectivity index (χ4n) is 1.12. The number of nitrogens with zero attached hydrogens (tertiary/aromatic N) is 3. The topological polar surface area (TPSA) is 67.8 Å². The maximum Gasteiger partial charge on any atom is 0.257 e. The molecule has 0 bridgehead atoms. The predicted octanol–water partition coefficient (Wildman–Crippen LogP) is 1.78. The van der Waals surface area contributed by atoms with Crippen LogP contribution in [-0.4, -0.2) is 20.9 Å². The van der Waals surface area contributed by atoms with Gasteiger partial charge in [0.2, 0.25) is 0 Å². The number of halogens is 1. The second-order valence-electron chi connectivity index (χ2n) is 2.94. The van der Waals surface area contributed by atoms with Crippen molar-refractivity contribution < 1.29 is 4.79 Å². The van der Waals surface area contributed by atoms with Gasteiger partial charge in [-0.25, -0.2) is 9.97 Å². The Morgan fingerprint density at radius 3 is 2.62 bits per heavy atom. The molecule has 2 heterocycles. The van der Waals surface area contributed by atoms with Gasteiger partial charge in [0.05, 0.1) is 28.7 Å². The number of amides is 1. The van der Waals surface area contributed by atoms with Crippen molar-refractivity contribution in [2.24, 2.45) is 0 Å². The van der Waals surface area contributed by atoms with Crippen LogP contribution in [0.5, 0.6) is 0 Å². The molecule has 0 fully saturated rings. The molecule has 1 amide bonds. The standard InChI is InChI=1S/C10H7ClN4O/c11-9-5-12-2-1-8(9)10(16)15-7-3-13-6-14-4-7/h1-6H,(H,15,16). The largest absolute Gasteiger partial charge is 0.319 e. The Morgan fingerprint density at radius 2 is 1.94 bits per heavy atom. The first-order chi connectivity index (χ1) is 7.77. The van der Waals surface area contributed by atoms with E-state index in [0.29, 0.717) is 16.3 Å². The van der Waals surface area contributed by atoms with E-state index in [2.05, 4.69) is 20.3 Å². The number of aromatic nitrogens is 3. The van der Waals surface area contributed by atoms with Gasteiger partial charge in [0.1, 0.15) is 6.33 Å². The van der Waals surface area contributed by atoms with Gasteiger partial charge >= 0.3 is 0 Å². The number of nitrogens with one attached hydrogen (secondary N) is 1. The van der Waals surface area contributed by atoms with E-state index in [1.54, 1.807) is 6.07 Å². The van der Waals surface area contributed by atoms with Crippen molar-refractivity contribution in [3.63, 3.8) is 0 Å². The summed E-state index contributed by atoms with van der Waals surface area (Å²) in [6.45, 7) is 0. The van der Waals surface area contributed by atoms with Gasteiger partial charge in [-0.2, -0.15) is 0 Å². The minimum Gasteiger partial charge on any atom is -0.319 e. The van der Waals surface area contributed by atoms with E-state index >= 15 is 0 Å². The number of anilines is 1. The van der Waals surface area contributed by atoms with Crippen LogP contribution in [0.15, 0.2) is 37.2 Å². The molecule has 2 rings (SSSR count). The average Bonchev–Trinajstić information content (AvgIpc) is 2.31. The number of carbonyl (C=O) groups is 1. The Hall–Kier alpha value is -2.01. The summed E-state index contributed by atoms with van der Waals surface area (Å²) in [6.07, 6.45) is 7.30. The molecule has 0 aliphatic carbocycles. The summed E-state index contributed by atoms with van der Waals surface area (Å²) in [5.41, 5.74) is 0.876. The second kappa shape index (κ2) is 4.67. The van der Waals surface area contributed by atoms with Crippen LogP contribution in [0, 0.1) is 0 Å². The van der Waals surface area contributed by atoms with Gasteiger partial charge in [0.25, 0.3) is 5.91 Å². The highest BCUT2D eigenvalue weighted by Gasteiger charge is 2.09. The summed E-state index contributed by atoms with van der Waals surface area (Å²) < 4.78 is 0. The molecule has 0 saturated carbocycles. The minimum absolute atomic E-state index is 0.303. The molecule has 0 atom stereocenters. The highest BCUT2D eigenvalue weighted by Crippen LogP contribution is 2.14. The molecule has 0 aliphatic heterocycles. The first-order valence-electron chi connectivity index (χ1n) is 4.43. The van der Waals surface area contributed by atoms with E-state index in [1.165, 1.54) is 31.1 Å². The van der Waals surface area contributed by atoms with Crippen molar-refractivity contribution in [2.45, 2.75) is 0 Å². The van der Waals surface area contributed by atoms with Gasteiger partial charge in [-0.15, -0.1) is 0 Å². The van der Waals surface area contributed by atoms with Crippen molar-refractivity contribution in [3.05, 3.63) is 47.8 Å². The molecule has 0 aliphatic rings. The monoisotopic (exact) mass is 234 g/mol. The molecular formula is C10H7ClN4O. The van der Waals surface area contributed by atoms with Crippen LogP contribution in [0.2, 0.25) is 5.02 Å². The van der Waals surface area contributed by atoms with Crippen LogP contribution in [0.1, 0.15) is 10.4 Å². The fourth-order valence-corrected chi connectivity index (χ4v) is 1.33. The van der Waals surface area contributed by atoms with E-state index in [4.69, 9.17) is 11.6 Å². The zero-order valence-electron chi connectivity index (χ0n) is 8.09. The van der Waals surface area contributed by atoms with Crippen LogP contribution >= 0.6 is 11.6 Å². The minimum atomic E-state index is -0.317. The number of hydrogen-bond donors (Lipinski definition) is 1. The van der Waals surface area contributed by atoms with Crippen molar-refractivity contribution >= 4 is 23.2 Å². The molecule has 0 unspecified atom stereocenters. The third kappa shape index (κ3) is 2.32. The van der Waals surface area contributed by atoms with Gasteiger partial charge in [-0.3, -0.25) is 9.78 Å². The van der Waals surface area contributed by atoms with E-state index in [0.717, 1.165) is 0 Å². The molecule has 0 saturated heterocycles. The van der Waals surface area contributed by atoms with E-state index < -0.39 is 0 Å². The quantitative estimate of drug-likeness (QED) is 0.860. The molecule has 5 nitrogen and oxygen atoms in total. The van der Waals surface area contributed by atoms with Gasteiger partial charge in [-0.05, 0) is 6.07 Å². The highest BCUT2D eigenvalue weighted by atomic mass is 35.5. The molecule has 0 spiro atoms. The van der Waals surface area contributed by atoms with E-state index in [1.807, 2.05) is 0 Å². The van der Waals surface area contributed by atoms with Crippen LogP contribution in [0.4, 0.5) is 5.69 Å². The summed E-state index contributed by atoms with van der Waals surface area (Å²) in [4.78, 5) is 23.1. The lowest BCUT2D eigenvalue weighted by Gasteiger charge is -2.04. The lowest BCUT2D eigenvalue weighted by Crippen LogP contribution is -2.12. The lowest BCUT2D eigenvalue weighted by atomic mass is 10.2. The summed E-state index contributed by atoms with van der Waals surface area (Å²) in [5.74, 6) is -0.317. The first kappa shape index (κ1) is 10.5. The Morgan fingerprint density at radius 1 is 1.19 bits per heavy atom. The summed E-state index contributed by atoms with van der Waals surface area (Å²) >= 11 is 5.83. The maximum absolute atomic E-state index is 11.8. The Balaban J connectivity index is 2.19. The SMILES string of the molecule is O=C(Nc1cncnc1)c1ccncc1Cl. The predicted molar refractivity (Wildman–Crippen MR) is 59.2 cm³/mol. The van der Waals surface area contributed by atoms with Gasteiger partial charge in [-0.1, -0.05) is 11.6 Å². The van der Waals surface area contributed by atoms with E-state index in [-0.39, 0.29) is 5.91 Å². The first-order valence-corrected chi connectivity index (χ1v) is 4.81. The molecule has 1 N–H and O–H groups in total. The smallest absolute Gasteiger partial charge is 0.257 e. The summed E-state index contributed by atoms with van der Waals surface area (Å²) in [6, 6.07) is 1.54. The third-order valence-corrected chi connectivity index (χ3v) is 2.14. The normalized spacial score (nSPS) is 9.81. The third-order valence-electron chi connectivity index (χ3n) is 1.84. The number of pyridine rings is 1.